The van der Waals surface area contributed by atoms with Gasteiger partial charge in [0.15, 0.2) is 0 Å². The van der Waals surface area contributed by atoms with E-state index in [9.17, 15) is 0 Å². The maximum atomic E-state index is 8.89. The number of hydrogen-bond acceptors (Lipinski definition) is 4. The van der Waals surface area contributed by atoms with Crippen molar-refractivity contribution in [1.29, 1.82) is 0 Å². The Balaban J connectivity index is -0.0000000112. The van der Waals surface area contributed by atoms with E-state index in [4.69, 9.17) is 19.8 Å². The van der Waals surface area contributed by atoms with Crippen LogP contribution in [0.2, 0.25) is 0 Å². The Labute approximate surface area is 107 Å². The predicted molar refractivity (Wildman–Crippen MR) is 38.0 cm³/mol. The third kappa shape index (κ3) is 9870. The van der Waals surface area contributed by atoms with Gasteiger partial charge in [-0.2, -0.15) is 0 Å². The third-order valence-corrected chi connectivity index (χ3v) is 0. The molecule has 0 heterocycles. The summed E-state index contributed by atoms with van der Waals surface area (Å²) >= 11 is 0. The topological polar surface area (TPSA) is 175 Å². The molecule has 12 heavy (non-hydrogen) atoms. The minimum Gasteiger partial charge on any atom is -0.550 e. The Morgan fingerprint density at radius 2 is 0.833 bits per heavy atom. The summed E-state index contributed by atoms with van der Waals surface area (Å²) in [5, 5.41) is 17.8. The van der Waals surface area contributed by atoms with E-state index < -0.39 is 11.9 Å². The molecule has 0 rings (SSSR count). The van der Waals surface area contributed by atoms with E-state index >= 15 is 0 Å². The van der Waals surface area contributed by atoms with Crippen LogP contribution in [0.3, 0.4) is 0 Å². The van der Waals surface area contributed by atoms with E-state index in [1.807, 2.05) is 0 Å². The van der Waals surface area contributed by atoms with Gasteiger partial charge in [-0.3, -0.25) is 0 Å². The summed E-state index contributed by atoms with van der Waals surface area (Å²) in [4.78, 5) is 17.8. The molecule has 0 atom stereocenters. The van der Waals surface area contributed by atoms with Crippen LogP contribution < -0.4 is 10.2 Å². The van der Waals surface area contributed by atoms with Crippen LogP contribution in [0, 0.1) is 0 Å². The SMILES string of the molecule is CC(=O)[O-].CC(=O)[O-].O.O.O.[Sr+2]. The Morgan fingerprint density at radius 3 is 0.833 bits per heavy atom. The second-order valence-electron chi connectivity index (χ2n) is 0.983. The van der Waals surface area contributed by atoms with Crippen LogP contribution in [0.5, 0.6) is 0 Å². The summed E-state index contributed by atoms with van der Waals surface area (Å²) < 4.78 is 0. The number of rotatable bonds is 0. The van der Waals surface area contributed by atoms with Crippen molar-refractivity contribution in [3.05, 3.63) is 0 Å². The quantitative estimate of drug-likeness (QED) is 0.395. The van der Waals surface area contributed by atoms with E-state index in [2.05, 4.69) is 0 Å². The molecule has 7 nitrogen and oxygen atoms in total. The van der Waals surface area contributed by atoms with Gasteiger partial charge >= 0.3 is 45.5 Å². The smallest absolute Gasteiger partial charge is 0.550 e. The molecule has 0 aromatic rings. The normalized spacial score (nSPS) is 4.17. The van der Waals surface area contributed by atoms with Gasteiger partial charge < -0.3 is 36.2 Å². The molecule has 0 unspecified atom stereocenters. The second kappa shape index (κ2) is 30.2. The van der Waals surface area contributed by atoms with Crippen LogP contribution in [0.1, 0.15) is 13.8 Å². The van der Waals surface area contributed by atoms with Crippen molar-refractivity contribution < 1.29 is 36.2 Å². The standard InChI is InChI=1S/2C2H4O2.3H2O.Sr/c2*1-2(3)4;;;;/h2*1H3,(H,3,4);3*1H2;/q;;;;;+2/p-2. The molecule has 0 spiro atoms. The molecule has 0 saturated heterocycles. The summed E-state index contributed by atoms with van der Waals surface area (Å²) in [6, 6.07) is 0. The van der Waals surface area contributed by atoms with Gasteiger partial charge in [-0.05, 0) is 13.8 Å². The summed E-state index contributed by atoms with van der Waals surface area (Å²) in [7, 11) is 0. The molecule has 0 aliphatic rings. The molecule has 0 aromatic carbocycles. The van der Waals surface area contributed by atoms with Crippen molar-refractivity contribution in [2.75, 3.05) is 0 Å². The number of carboxylic acid groups (broad SMARTS) is 2. The van der Waals surface area contributed by atoms with Gasteiger partial charge in [-0.25, -0.2) is 0 Å². The Bertz CT molecular complexity index is 73.4. The molecule has 0 fully saturated rings. The first-order chi connectivity index (χ1) is 3.46. The van der Waals surface area contributed by atoms with Crippen LogP contribution in [-0.2, 0) is 9.59 Å². The van der Waals surface area contributed by atoms with Gasteiger partial charge in [0.1, 0.15) is 0 Å². The minimum atomic E-state index is -1.08. The summed E-state index contributed by atoms with van der Waals surface area (Å²) in [5.74, 6) is -2.17. The van der Waals surface area contributed by atoms with Crippen molar-refractivity contribution in [3.63, 3.8) is 0 Å². The van der Waals surface area contributed by atoms with Crippen molar-refractivity contribution in [3.8, 4) is 0 Å². The number of hydrogen-bond donors (Lipinski definition) is 0. The zero-order valence-electron chi connectivity index (χ0n) is 6.84. The fraction of sp³-hybridized carbons (Fsp3) is 0.500. The largest absolute Gasteiger partial charge is 2.00 e. The fourth-order valence-electron chi connectivity index (χ4n) is 0. The van der Waals surface area contributed by atoms with Gasteiger partial charge in [0.05, 0.1) is 0 Å². The van der Waals surface area contributed by atoms with Crippen molar-refractivity contribution in [2.45, 2.75) is 13.8 Å². The number of aliphatic carboxylic acids is 2. The van der Waals surface area contributed by atoms with E-state index in [0.717, 1.165) is 13.8 Å². The molecule has 8 heteroatoms. The Kier molecular flexibility index (Phi) is 99.6. The maximum absolute atomic E-state index is 8.89. The molecular formula is C4H12O7Sr. The molecule has 0 saturated carbocycles. The molecule has 0 amide bonds. The van der Waals surface area contributed by atoms with Gasteiger partial charge in [0, 0.05) is 11.9 Å². The summed E-state index contributed by atoms with van der Waals surface area (Å²) in [6.07, 6.45) is 0. The predicted octanol–water partition coefficient (Wildman–Crippen LogP) is -5.34. The average molecular weight is 260 g/mol. The molecule has 0 bridgehead atoms. The summed E-state index contributed by atoms with van der Waals surface area (Å²) in [6.45, 7) is 1.94. The van der Waals surface area contributed by atoms with Crippen LogP contribution in [0.25, 0.3) is 0 Å². The zero-order chi connectivity index (χ0) is 7.15. The van der Waals surface area contributed by atoms with E-state index in [-0.39, 0.29) is 61.9 Å². The first-order valence-corrected chi connectivity index (χ1v) is 1.82. The summed E-state index contributed by atoms with van der Waals surface area (Å²) in [5.41, 5.74) is 0. The molecule has 72 valence electrons. The average Bonchev–Trinajstić information content (AvgIpc) is 1.25. The van der Waals surface area contributed by atoms with Crippen molar-refractivity contribution >= 4 is 57.4 Å². The molecular weight excluding hydrogens is 248 g/mol. The van der Waals surface area contributed by atoms with Crippen LogP contribution in [0.4, 0.5) is 0 Å². The molecule has 0 aliphatic heterocycles. The van der Waals surface area contributed by atoms with E-state index in [1.54, 1.807) is 0 Å². The first kappa shape index (κ1) is 39.6. The van der Waals surface area contributed by atoms with Gasteiger partial charge in [0.2, 0.25) is 0 Å². The fourth-order valence-corrected chi connectivity index (χ4v) is 0. The van der Waals surface area contributed by atoms with Crippen LogP contribution in [-0.4, -0.2) is 73.8 Å². The van der Waals surface area contributed by atoms with Crippen molar-refractivity contribution in [2.24, 2.45) is 0 Å². The van der Waals surface area contributed by atoms with Crippen molar-refractivity contribution in [1.82, 2.24) is 0 Å². The van der Waals surface area contributed by atoms with E-state index in [0.29, 0.717) is 0 Å². The van der Waals surface area contributed by atoms with Gasteiger partial charge in [0.25, 0.3) is 0 Å². The Morgan fingerprint density at radius 1 is 0.833 bits per heavy atom. The van der Waals surface area contributed by atoms with E-state index in [1.165, 1.54) is 0 Å². The van der Waals surface area contributed by atoms with Crippen LogP contribution in [0.15, 0.2) is 0 Å². The Hall–Kier alpha value is 0.301. The number of carboxylic acids is 2. The molecule has 6 N–H and O–H groups in total. The molecule has 0 radical (unpaired) electrons. The van der Waals surface area contributed by atoms with Gasteiger partial charge in [-0.1, -0.05) is 0 Å². The second-order valence-corrected chi connectivity index (χ2v) is 0.983. The number of carbonyl (C=O) groups excluding carboxylic acids is 2. The molecule has 0 aromatic heterocycles. The third-order valence-electron chi connectivity index (χ3n) is 0. The molecule has 0 aliphatic carbocycles. The van der Waals surface area contributed by atoms with Crippen LogP contribution >= 0.6 is 0 Å². The number of carbonyl (C=O) groups is 2. The first-order valence-electron chi connectivity index (χ1n) is 1.82. The zero-order valence-corrected chi connectivity index (χ0v) is 10.3. The minimum absolute atomic E-state index is 0. The monoisotopic (exact) mass is 260 g/mol. The maximum Gasteiger partial charge on any atom is 2.00 e. The van der Waals surface area contributed by atoms with Gasteiger partial charge in [-0.15, -0.1) is 0 Å².